The van der Waals surface area contributed by atoms with E-state index in [9.17, 15) is 9.18 Å². The van der Waals surface area contributed by atoms with Crippen molar-refractivity contribution in [3.63, 3.8) is 0 Å². The van der Waals surface area contributed by atoms with E-state index in [0.29, 0.717) is 23.1 Å². The molecule has 1 N–H and O–H groups in total. The Morgan fingerprint density at radius 1 is 1.31 bits per heavy atom. The number of nitrogens with one attached hydrogen (secondary N) is 1. The molecule has 1 saturated carbocycles. The highest BCUT2D eigenvalue weighted by atomic mass is 32.2. The summed E-state index contributed by atoms with van der Waals surface area (Å²) >= 11 is 1.34. The minimum atomic E-state index is -0.308. The van der Waals surface area contributed by atoms with E-state index in [-0.39, 0.29) is 23.5 Å². The van der Waals surface area contributed by atoms with Gasteiger partial charge in [-0.1, -0.05) is 49.2 Å². The van der Waals surface area contributed by atoms with Gasteiger partial charge in [0.25, 0.3) is 0 Å². The molecular weight excluding hydrogens is 351 g/mol. The van der Waals surface area contributed by atoms with Crippen molar-refractivity contribution < 1.29 is 9.18 Å². The smallest absolute Gasteiger partial charge is 0.230 e. The topological polar surface area (TPSA) is 59.8 Å². The van der Waals surface area contributed by atoms with Gasteiger partial charge in [-0.05, 0) is 25.0 Å². The zero-order chi connectivity index (χ0) is 18.4. The molecule has 0 unspecified atom stereocenters. The lowest BCUT2D eigenvalue weighted by atomic mass is 9.95. The number of carbonyl (C=O) groups is 1. The normalized spacial score (nSPS) is 15.0. The van der Waals surface area contributed by atoms with Gasteiger partial charge in [-0.3, -0.25) is 9.36 Å². The van der Waals surface area contributed by atoms with Crippen LogP contribution in [0.4, 0.5) is 4.39 Å². The Labute approximate surface area is 157 Å². The number of thioether (sulfide) groups is 1. The molecule has 0 aliphatic heterocycles. The van der Waals surface area contributed by atoms with Crippen molar-refractivity contribution in [3.05, 3.63) is 42.7 Å². The molecule has 7 heteroatoms. The lowest BCUT2D eigenvalue weighted by Gasteiger charge is -2.25. The Kier molecular flexibility index (Phi) is 6.44. The second-order valence-corrected chi connectivity index (χ2v) is 7.27. The highest BCUT2D eigenvalue weighted by molar-refractivity contribution is 7.99. The second kappa shape index (κ2) is 8.98. The number of hydrogen-bond acceptors (Lipinski definition) is 4. The number of halogens is 1. The van der Waals surface area contributed by atoms with Gasteiger partial charge in [0.1, 0.15) is 5.82 Å². The summed E-state index contributed by atoms with van der Waals surface area (Å²) in [5.41, 5.74) is 0.452. The molecule has 0 radical (unpaired) electrons. The minimum absolute atomic E-state index is 0.0828. The average Bonchev–Trinajstić information content (AvgIpc) is 3.09. The SMILES string of the molecule is C=CCNC(=O)CSc1nnc(-c2ccccc2F)n1C1CCCCC1. The maximum absolute atomic E-state index is 14.3. The zero-order valence-electron chi connectivity index (χ0n) is 14.7. The minimum Gasteiger partial charge on any atom is -0.352 e. The van der Waals surface area contributed by atoms with Crippen LogP contribution in [0.5, 0.6) is 0 Å². The third-order valence-corrected chi connectivity index (χ3v) is 5.44. The molecule has 1 aliphatic carbocycles. The van der Waals surface area contributed by atoms with E-state index in [0.717, 1.165) is 25.7 Å². The van der Waals surface area contributed by atoms with Crippen LogP contribution < -0.4 is 5.32 Å². The molecule has 26 heavy (non-hydrogen) atoms. The molecule has 0 atom stereocenters. The standard InChI is InChI=1S/C19H23FN4OS/c1-2-12-21-17(25)13-26-19-23-22-18(15-10-6-7-11-16(15)20)24(19)14-8-4-3-5-9-14/h2,6-7,10-11,14H,1,3-5,8-9,12-13H2,(H,21,25). The number of aromatic nitrogens is 3. The van der Waals surface area contributed by atoms with Gasteiger partial charge in [-0.15, -0.1) is 16.8 Å². The van der Waals surface area contributed by atoms with Gasteiger partial charge < -0.3 is 5.32 Å². The number of amides is 1. The zero-order valence-corrected chi connectivity index (χ0v) is 15.5. The largest absolute Gasteiger partial charge is 0.352 e. The molecule has 1 heterocycles. The summed E-state index contributed by atoms with van der Waals surface area (Å²) in [7, 11) is 0. The predicted molar refractivity (Wildman–Crippen MR) is 101 cm³/mol. The van der Waals surface area contributed by atoms with Gasteiger partial charge in [0.15, 0.2) is 11.0 Å². The summed E-state index contributed by atoms with van der Waals surface area (Å²) in [6.45, 7) is 4.03. The summed E-state index contributed by atoms with van der Waals surface area (Å²) in [6.07, 6.45) is 7.20. The molecule has 1 aromatic heterocycles. The van der Waals surface area contributed by atoms with E-state index >= 15 is 0 Å². The fourth-order valence-electron chi connectivity index (χ4n) is 3.24. The van der Waals surface area contributed by atoms with Crippen molar-refractivity contribution in [2.24, 2.45) is 0 Å². The van der Waals surface area contributed by atoms with Gasteiger partial charge in [-0.2, -0.15) is 0 Å². The number of benzene rings is 1. The van der Waals surface area contributed by atoms with Gasteiger partial charge >= 0.3 is 0 Å². The van der Waals surface area contributed by atoms with Crippen molar-refractivity contribution in [1.82, 2.24) is 20.1 Å². The second-order valence-electron chi connectivity index (χ2n) is 6.33. The maximum atomic E-state index is 14.3. The predicted octanol–water partition coefficient (Wildman–Crippen LogP) is 3.98. The van der Waals surface area contributed by atoms with E-state index in [1.54, 1.807) is 24.3 Å². The molecule has 0 saturated heterocycles. The van der Waals surface area contributed by atoms with Crippen LogP contribution in [0.25, 0.3) is 11.4 Å². The summed E-state index contributed by atoms with van der Waals surface area (Å²) in [4.78, 5) is 11.9. The van der Waals surface area contributed by atoms with Crippen molar-refractivity contribution in [3.8, 4) is 11.4 Å². The van der Waals surface area contributed by atoms with E-state index in [1.807, 2.05) is 4.57 Å². The quantitative estimate of drug-likeness (QED) is 0.588. The number of rotatable bonds is 7. The first-order valence-electron chi connectivity index (χ1n) is 8.91. The maximum Gasteiger partial charge on any atom is 0.230 e. The molecule has 138 valence electrons. The summed E-state index contributed by atoms with van der Waals surface area (Å²) in [6, 6.07) is 6.87. The molecular formula is C19H23FN4OS. The first kappa shape index (κ1) is 18.6. The average molecular weight is 374 g/mol. The van der Waals surface area contributed by atoms with Gasteiger partial charge in [0.2, 0.25) is 5.91 Å². The summed E-state index contributed by atoms with van der Waals surface area (Å²) < 4.78 is 16.4. The summed E-state index contributed by atoms with van der Waals surface area (Å²) in [5, 5.41) is 12.0. The molecule has 2 aromatic rings. The van der Waals surface area contributed by atoms with Crippen LogP contribution in [0, 0.1) is 5.82 Å². The van der Waals surface area contributed by atoms with E-state index in [2.05, 4.69) is 22.1 Å². The Balaban J connectivity index is 1.88. The van der Waals surface area contributed by atoms with Gasteiger partial charge in [0, 0.05) is 12.6 Å². The van der Waals surface area contributed by atoms with E-state index in [4.69, 9.17) is 0 Å². The molecule has 1 amide bonds. The highest BCUT2D eigenvalue weighted by Crippen LogP contribution is 2.36. The van der Waals surface area contributed by atoms with Crippen molar-refractivity contribution in [2.75, 3.05) is 12.3 Å². The van der Waals surface area contributed by atoms with Crippen molar-refractivity contribution >= 4 is 17.7 Å². The number of nitrogens with zero attached hydrogens (tertiary/aromatic N) is 3. The van der Waals surface area contributed by atoms with Crippen LogP contribution in [0.3, 0.4) is 0 Å². The third kappa shape index (κ3) is 4.33. The van der Waals surface area contributed by atoms with Crippen LogP contribution in [0.15, 0.2) is 42.1 Å². The Bertz CT molecular complexity index is 771. The fraction of sp³-hybridized carbons (Fsp3) is 0.421. The lowest BCUT2D eigenvalue weighted by Crippen LogP contribution is -2.25. The highest BCUT2D eigenvalue weighted by Gasteiger charge is 2.25. The van der Waals surface area contributed by atoms with E-state index in [1.165, 1.54) is 24.2 Å². The monoisotopic (exact) mass is 374 g/mol. The Hall–Kier alpha value is -2.15. The lowest BCUT2D eigenvalue weighted by molar-refractivity contribution is -0.118. The van der Waals surface area contributed by atoms with Gasteiger partial charge in [-0.25, -0.2) is 4.39 Å². The Morgan fingerprint density at radius 3 is 2.81 bits per heavy atom. The molecule has 0 bridgehead atoms. The van der Waals surface area contributed by atoms with Crippen molar-refractivity contribution in [1.29, 1.82) is 0 Å². The molecule has 1 fully saturated rings. The van der Waals surface area contributed by atoms with Crippen molar-refractivity contribution in [2.45, 2.75) is 43.3 Å². The third-order valence-electron chi connectivity index (χ3n) is 4.50. The van der Waals surface area contributed by atoms with Crippen LogP contribution in [0.1, 0.15) is 38.1 Å². The first-order chi connectivity index (χ1) is 12.7. The number of carbonyl (C=O) groups excluding carboxylic acids is 1. The fourth-order valence-corrected chi connectivity index (χ4v) is 4.07. The Morgan fingerprint density at radius 2 is 2.08 bits per heavy atom. The van der Waals surface area contributed by atoms with Crippen LogP contribution in [0.2, 0.25) is 0 Å². The van der Waals surface area contributed by atoms with E-state index < -0.39 is 0 Å². The molecule has 5 nitrogen and oxygen atoms in total. The first-order valence-corrected chi connectivity index (χ1v) is 9.89. The molecule has 1 aliphatic rings. The molecule has 0 spiro atoms. The summed E-state index contributed by atoms with van der Waals surface area (Å²) in [5.74, 6) is 0.400. The van der Waals surface area contributed by atoms with Crippen LogP contribution >= 0.6 is 11.8 Å². The number of hydrogen-bond donors (Lipinski definition) is 1. The van der Waals surface area contributed by atoms with Crippen LogP contribution in [-0.2, 0) is 4.79 Å². The molecule has 1 aromatic carbocycles. The van der Waals surface area contributed by atoms with Crippen LogP contribution in [-0.4, -0.2) is 33.0 Å². The van der Waals surface area contributed by atoms with Gasteiger partial charge in [0.05, 0.1) is 11.3 Å². The molecule has 3 rings (SSSR count).